The van der Waals surface area contributed by atoms with E-state index in [0.29, 0.717) is 13.2 Å². The van der Waals surface area contributed by atoms with Crippen LogP contribution in [0.1, 0.15) is 25.0 Å². The molecule has 94 valence electrons. The Morgan fingerprint density at radius 2 is 2.24 bits per heavy atom. The van der Waals surface area contributed by atoms with Gasteiger partial charge in [0.1, 0.15) is 5.75 Å². The smallest absolute Gasteiger partial charge is 0.205 e. The maximum absolute atomic E-state index is 5.80. The fourth-order valence-electron chi connectivity index (χ4n) is 1.88. The second kappa shape index (κ2) is 5.29. The molecule has 0 fully saturated rings. The van der Waals surface area contributed by atoms with Crippen molar-refractivity contribution < 1.29 is 13.7 Å². The van der Waals surface area contributed by atoms with Crippen LogP contribution in [0.15, 0.2) is 18.2 Å². The molecular weight excluding hydrogens is 236 g/mol. The molecule has 3 nitrogen and oxygen atoms in total. The largest absolute Gasteiger partial charge is 0.463 e. The lowest BCUT2D eigenvalue weighted by atomic mass is 10.0. The first-order valence-corrected chi connectivity index (χ1v) is 6.87. The molecule has 0 aromatic heterocycles. The van der Waals surface area contributed by atoms with Gasteiger partial charge in [0, 0.05) is 25.7 Å². The molecule has 0 atom stereocenters. The van der Waals surface area contributed by atoms with Crippen LogP contribution in [0, 0.1) is 0 Å². The van der Waals surface area contributed by atoms with Gasteiger partial charge in [0.2, 0.25) is 5.79 Å². The Balaban J connectivity index is 2.14. The van der Waals surface area contributed by atoms with E-state index < -0.39 is 5.79 Å². The van der Waals surface area contributed by atoms with Crippen LogP contribution in [0.5, 0.6) is 5.75 Å². The van der Waals surface area contributed by atoms with Crippen LogP contribution in [-0.2, 0) is 21.9 Å². The molecule has 0 spiro atoms. The van der Waals surface area contributed by atoms with E-state index in [4.69, 9.17) is 13.7 Å². The number of fused-ring (bicyclic) bond motifs is 1. The van der Waals surface area contributed by atoms with E-state index >= 15 is 0 Å². The maximum Gasteiger partial charge on any atom is 0.205 e. The zero-order chi connectivity index (χ0) is 12.3. The molecule has 1 aromatic carbocycles. The summed E-state index contributed by atoms with van der Waals surface area (Å²) in [5.41, 5.74) is 2.39. The quantitative estimate of drug-likeness (QED) is 0.609. The normalized spacial score (nSPS) is 17.4. The Bertz CT molecular complexity index is 390. The monoisotopic (exact) mass is 254 g/mol. The van der Waals surface area contributed by atoms with Crippen molar-refractivity contribution in [3.63, 3.8) is 0 Å². The highest BCUT2D eigenvalue weighted by Gasteiger charge is 2.28. The number of ether oxygens (including phenoxy) is 2. The van der Waals surface area contributed by atoms with Crippen molar-refractivity contribution in [1.29, 1.82) is 0 Å². The van der Waals surface area contributed by atoms with Gasteiger partial charge in [-0.3, -0.25) is 0 Å². The van der Waals surface area contributed by atoms with Gasteiger partial charge in [-0.2, -0.15) is 0 Å². The number of benzene rings is 1. The average Bonchev–Trinajstić information content (AvgIpc) is 2.28. The van der Waals surface area contributed by atoms with Crippen molar-refractivity contribution in [3.05, 3.63) is 29.3 Å². The summed E-state index contributed by atoms with van der Waals surface area (Å²) < 4.78 is 16.8. The Hall–Kier alpha value is -0.710. The molecule has 4 heteroatoms. The summed E-state index contributed by atoms with van der Waals surface area (Å²) in [5, 5.41) is 0. The van der Waals surface area contributed by atoms with E-state index in [1.807, 2.05) is 32.2 Å². The maximum atomic E-state index is 5.80. The Morgan fingerprint density at radius 1 is 1.41 bits per heavy atom. The van der Waals surface area contributed by atoms with E-state index in [9.17, 15) is 0 Å². The van der Waals surface area contributed by atoms with Crippen molar-refractivity contribution in [2.75, 3.05) is 12.9 Å². The summed E-state index contributed by atoms with van der Waals surface area (Å²) in [7, 11) is 0. The zero-order valence-corrected chi connectivity index (χ0v) is 11.3. The molecule has 0 saturated carbocycles. The second-order valence-electron chi connectivity index (χ2n) is 4.42. The molecule has 1 aliphatic heterocycles. The lowest BCUT2D eigenvalue weighted by Crippen LogP contribution is -2.35. The van der Waals surface area contributed by atoms with Crippen molar-refractivity contribution >= 4 is 12.0 Å². The number of hydrogen-bond acceptors (Lipinski definition) is 4. The molecule has 0 saturated heterocycles. The van der Waals surface area contributed by atoms with Gasteiger partial charge >= 0.3 is 0 Å². The minimum absolute atomic E-state index is 0.526. The summed E-state index contributed by atoms with van der Waals surface area (Å²) in [6.07, 6.45) is 2.81. The topological polar surface area (TPSA) is 27.7 Å². The fraction of sp³-hybridized carbons (Fsp3) is 0.538. The van der Waals surface area contributed by atoms with Crippen molar-refractivity contribution in [2.24, 2.45) is 0 Å². The van der Waals surface area contributed by atoms with Crippen molar-refractivity contribution in [3.8, 4) is 5.75 Å². The van der Waals surface area contributed by atoms with Crippen LogP contribution in [0.25, 0.3) is 0 Å². The number of hydrogen-bond donors (Lipinski definition) is 0. The van der Waals surface area contributed by atoms with E-state index in [1.165, 1.54) is 17.6 Å². The molecule has 1 aliphatic rings. The van der Waals surface area contributed by atoms with Gasteiger partial charge in [0.05, 0.1) is 13.2 Å². The van der Waals surface area contributed by atoms with Crippen LogP contribution < -0.4 is 4.74 Å². The first-order valence-electron chi connectivity index (χ1n) is 5.72. The number of rotatable bonds is 4. The Kier molecular flexibility index (Phi) is 3.97. The second-order valence-corrected chi connectivity index (χ2v) is 4.99. The standard InChI is InChI=1S/C13H18O3S/c1-13(2)14-9-11-10(7-8-15-17-3)5-4-6-12(11)16-13/h4-6H,7-9H2,1-3H3. The summed E-state index contributed by atoms with van der Waals surface area (Å²) >= 11 is 1.40. The van der Waals surface area contributed by atoms with E-state index in [-0.39, 0.29) is 0 Å². The predicted octanol–water partition coefficient (Wildman–Crippen LogP) is 3.17. The molecule has 0 bridgehead atoms. The first kappa shape index (κ1) is 12.7. The SMILES string of the molecule is CSOCCc1cccc2c1COC(C)(C)O2. The minimum Gasteiger partial charge on any atom is -0.463 e. The average molecular weight is 254 g/mol. The van der Waals surface area contributed by atoms with E-state index in [2.05, 4.69) is 6.07 Å². The van der Waals surface area contributed by atoms with Crippen LogP contribution in [0.2, 0.25) is 0 Å². The van der Waals surface area contributed by atoms with E-state index in [1.54, 1.807) is 0 Å². The summed E-state index contributed by atoms with van der Waals surface area (Å²) in [5.74, 6) is 0.407. The molecule has 0 amide bonds. The van der Waals surface area contributed by atoms with Gasteiger partial charge in [-0.05, 0) is 30.1 Å². The third kappa shape index (κ3) is 3.15. The molecule has 0 radical (unpaired) electrons. The van der Waals surface area contributed by atoms with Crippen LogP contribution >= 0.6 is 12.0 Å². The van der Waals surface area contributed by atoms with Crippen molar-refractivity contribution in [1.82, 2.24) is 0 Å². The summed E-state index contributed by atoms with van der Waals surface area (Å²) in [4.78, 5) is 0. The molecule has 2 rings (SSSR count). The van der Waals surface area contributed by atoms with Gasteiger partial charge in [-0.1, -0.05) is 12.1 Å². The molecule has 1 heterocycles. The summed E-state index contributed by atoms with van der Waals surface area (Å²) in [6, 6.07) is 6.13. The lowest BCUT2D eigenvalue weighted by Gasteiger charge is -2.33. The molecular formula is C13H18O3S. The molecule has 0 aliphatic carbocycles. The Labute approximate surface area is 107 Å². The van der Waals surface area contributed by atoms with Crippen LogP contribution in [-0.4, -0.2) is 18.6 Å². The highest BCUT2D eigenvalue weighted by Crippen LogP contribution is 2.33. The zero-order valence-electron chi connectivity index (χ0n) is 10.5. The molecule has 0 N–H and O–H groups in total. The first-order chi connectivity index (χ1) is 8.12. The third-order valence-corrected chi connectivity index (χ3v) is 3.12. The third-order valence-electron chi connectivity index (χ3n) is 2.72. The molecule has 1 aromatic rings. The van der Waals surface area contributed by atoms with Crippen molar-refractivity contribution in [2.45, 2.75) is 32.7 Å². The fourth-order valence-corrected chi connectivity index (χ4v) is 2.13. The Morgan fingerprint density at radius 3 is 3.00 bits per heavy atom. The molecule has 0 unspecified atom stereocenters. The van der Waals surface area contributed by atoms with Gasteiger partial charge in [-0.15, -0.1) is 0 Å². The molecule has 17 heavy (non-hydrogen) atoms. The predicted molar refractivity (Wildman–Crippen MR) is 69.1 cm³/mol. The highest BCUT2D eigenvalue weighted by molar-refractivity contribution is 7.93. The van der Waals surface area contributed by atoms with Crippen LogP contribution in [0.4, 0.5) is 0 Å². The van der Waals surface area contributed by atoms with E-state index in [0.717, 1.165) is 17.7 Å². The lowest BCUT2D eigenvalue weighted by molar-refractivity contribution is -0.180. The van der Waals surface area contributed by atoms with Gasteiger partial charge < -0.3 is 13.7 Å². The minimum atomic E-state index is -0.526. The van der Waals surface area contributed by atoms with Crippen LogP contribution in [0.3, 0.4) is 0 Å². The van der Waals surface area contributed by atoms with Gasteiger partial charge in [0.15, 0.2) is 0 Å². The van der Waals surface area contributed by atoms with Gasteiger partial charge in [0.25, 0.3) is 0 Å². The highest BCUT2D eigenvalue weighted by atomic mass is 32.2. The summed E-state index contributed by atoms with van der Waals surface area (Å²) in [6.45, 7) is 5.18. The van der Waals surface area contributed by atoms with Gasteiger partial charge in [-0.25, -0.2) is 0 Å².